The van der Waals surface area contributed by atoms with Crippen LogP contribution in [-0.4, -0.2) is 6.54 Å². The first kappa shape index (κ1) is 15.1. The van der Waals surface area contributed by atoms with Gasteiger partial charge in [-0.05, 0) is 49.6 Å². The molecular weight excluding hydrogens is 266 g/mol. The van der Waals surface area contributed by atoms with E-state index in [1.807, 2.05) is 12.1 Å². The Balaban J connectivity index is 2.16. The Morgan fingerprint density at radius 3 is 2.50 bits per heavy atom. The maximum Gasteiger partial charge on any atom is 0.0406 e. The summed E-state index contributed by atoms with van der Waals surface area (Å²) in [5, 5.41) is 4.42. The third-order valence-corrected chi connectivity index (χ3v) is 3.69. The van der Waals surface area contributed by atoms with Gasteiger partial charge >= 0.3 is 0 Å². The van der Waals surface area contributed by atoms with Crippen molar-refractivity contribution in [2.45, 2.75) is 32.7 Å². The van der Waals surface area contributed by atoms with Crippen LogP contribution in [-0.2, 0) is 6.42 Å². The number of hydrogen-bond acceptors (Lipinski definition) is 1. The van der Waals surface area contributed by atoms with Gasteiger partial charge in [-0.1, -0.05) is 60.5 Å². The number of halogens is 1. The largest absolute Gasteiger partial charge is 0.310 e. The van der Waals surface area contributed by atoms with Crippen molar-refractivity contribution in [3.05, 3.63) is 70.2 Å². The minimum atomic E-state index is 0.342. The molecule has 1 nitrogen and oxygen atoms in total. The summed E-state index contributed by atoms with van der Waals surface area (Å²) in [7, 11) is 0. The van der Waals surface area contributed by atoms with E-state index in [9.17, 15) is 0 Å². The zero-order chi connectivity index (χ0) is 14.4. The highest BCUT2D eigenvalue weighted by Gasteiger charge is 2.11. The van der Waals surface area contributed by atoms with Gasteiger partial charge in [0.15, 0.2) is 0 Å². The second kappa shape index (κ2) is 7.47. The summed E-state index contributed by atoms with van der Waals surface area (Å²) >= 11 is 5.98. The molecule has 0 saturated heterocycles. The topological polar surface area (TPSA) is 12.0 Å². The van der Waals surface area contributed by atoms with Crippen LogP contribution in [0.2, 0.25) is 5.02 Å². The summed E-state index contributed by atoms with van der Waals surface area (Å²) in [5.74, 6) is 0. The maximum absolute atomic E-state index is 5.98. The molecule has 0 spiro atoms. The van der Waals surface area contributed by atoms with E-state index in [4.69, 9.17) is 11.6 Å². The zero-order valence-electron chi connectivity index (χ0n) is 12.2. The van der Waals surface area contributed by atoms with Gasteiger partial charge in [0, 0.05) is 11.1 Å². The van der Waals surface area contributed by atoms with Crippen LogP contribution in [0.25, 0.3) is 0 Å². The van der Waals surface area contributed by atoms with Crippen LogP contribution in [0.15, 0.2) is 48.5 Å². The Morgan fingerprint density at radius 1 is 1.10 bits per heavy atom. The first-order valence-corrected chi connectivity index (χ1v) is 7.61. The van der Waals surface area contributed by atoms with Gasteiger partial charge in [0.2, 0.25) is 0 Å². The van der Waals surface area contributed by atoms with Crippen LogP contribution in [0.5, 0.6) is 0 Å². The maximum atomic E-state index is 5.98. The van der Waals surface area contributed by atoms with Crippen LogP contribution < -0.4 is 5.32 Å². The average Bonchev–Trinajstić information content (AvgIpc) is 2.44. The molecule has 1 unspecified atom stereocenters. The van der Waals surface area contributed by atoms with E-state index in [1.165, 1.54) is 16.7 Å². The van der Waals surface area contributed by atoms with Crippen molar-refractivity contribution in [1.29, 1.82) is 0 Å². The van der Waals surface area contributed by atoms with Crippen LogP contribution in [0, 0.1) is 6.92 Å². The normalized spacial score (nSPS) is 12.3. The van der Waals surface area contributed by atoms with Crippen molar-refractivity contribution < 1.29 is 0 Å². The lowest BCUT2D eigenvalue weighted by atomic mass is 9.98. The van der Waals surface area contributed by atoms with E-state index in [0.29, 0.717) is 6.04 Å². The predicted molar refractivity (Wildman–Crippen MR) is 87.4 cm³/mol. The van der Waals surface area contributed by atoms with Gasteiger partial charge < -0.3 is 5.32 Å². The standard InChI is InChI=1S/C18H22ClN/c1-3-11-20-18(16-7-9-17(19)10-8-16)13-15-6-4-5-14(2)12-15/h4-10,12,18,20H,3,11,13H2,1-2H3. The molecule has 0 saturated carbocycles. The predicted octanol–water partition coefficient (Wildman–Crippen LogP) is 4.93. The smallest absolute Gasteiger partial charge is 0.0406 e. The SMILES string of the molecule is CCCNC(Cc1cccc(C)c1)c1ccc(Cl)cc1. The molecule has 0 aromatic heterocycles. The molecule has 1 atom stereocenters. The number of benzene rings is 2. The molecule has 0 aliphatic carbocycles. The fourth-order valence-corrected chi connectivity index (χ4v) is 2.52. The van der Waals surface area contributed by atoms with Crippen molar-refractivity contribution in [3.8, 4) is 0 Å². The van der Waals surface area contributed by atoms with Gasteiger partial charge in [-0.2, -0.15) is 0 Å². The number of rotatable bonds is 6. The number of nitrogens with one attached hydrogen (secondary N) is 1. The Kier molecular flexibility index (Phi) is 5.63. The van der Waals surface area contributed by atoms with E-state index in [2.05, 4.69) is 55.6 Å². The van der Waals surface area contributed by atoms with Crippen molar-refractivity contribution in [2.24, 2.45) is 0 Å². The second-order valence-corrected chi connectivity index (χ2v) is 5.69. The third kappa shape index (κ3) is 4.36. The number of aryl methyl sites for hydroxylation is 1. The molecule has 0 heterocycles. The minimum absolute atomic E-state index is 0.342. The third-order valence-electron chi connectivity index (χ3n) is 3.44. The van der Waals surface area contributed by atoms with Gasteiger partial charge in [-0.3, -0.25) is 0 Å². The summed E-state index contributed by atoms with van der Waals surface area (Å²) in [4.78, 5) is 0. The van der Waals surface area contributed by atoms with Crippen LogP contribution in [0.3, 0.4) is 0 Å². The highest BCUT2D eigenvalue weighted by atomic mass is 35.5. The Morgan fingerprint density at radius 2 is 1.85 bits per heavy atom. The molecule has 106 valence electrons. The van der Waals surface area contributed by atoms with Crippen LogP contribution in [0.1, 0.15) is 36.1 Å². The lowest BCUT2D eigenvalue weighted by Crippen LogP contribution is -2.24. The highest BCUT2D eigenvalue weighted by molar-refractivity contribution is 6.30. The van der Waals surface area contributed by atoms with Gasteiger partial charge in [0.1, 0.15) is 0 Å². The Labute approximate surface area is 127 Å². The molecule has 2 aromatic rings. The van der Waals surface area contributed by atoms with Gasteiger partial charge in [-0.15, -0.1) is 0 Å². The molecule has 2 aromatic carbocycles. The van der Waals surface area contributed by atoms with Gasteiger partial charge in [0.05, 0.1) is 0 Å². The second-order valence-electron chi connectivity index (χ2n) is 5.25. The lowest BCUT2D eigenvalue weighted by molar-refractivity contribution is 0.529. The molecule has 1 N–H and O–H groups in total. The van der Waals surface area contributed by atoms with Crippen molar-refractivity contribution in [2.75, 3.05) is 6.54 Å². The molecule has 0 fully saturated rings. The fourth-order valence-electron chi connectivity index (χ4n) is 2.40. The molecule has 0 bridgehead atoms. The van der Waals surface area contributed by atoms with Crippen molar-refractivity contribution in [3.63, 3.8) is 0 Å². The van der Waals surface area contributed by atoms with Crippen LogP contribution in [0.4, 0.5) is 0 Å². The molecular formula is C18H22ClN. The monoisotopic (exact) mass is 287 g/mol. The minimum Gasteiger partial charge on any atom is -0.310 e. The zero-order valence-corrected chi connectivity index (χ0v) is 13.0. The lowest BCUT2D eigenvalue weighted by Gasteiger charge is -2.19. The van der Waals surface area contributed by atoms with Crippen molar-refractivity contribution in [1.82, 2.24) is 5.32 Å². The summed E-state index contributed by atoms with van der Waals surface area (Å²) in [6.45, 7) is 5.36. The highest BCUT2D eigenvalue weighted by Crippen LogP contribution is 2.21. The summed E-state index contributed by atoms with van der Waals surface area (Å²) in [6, 6.07) is 17.2. The molecule has 2 heteroatoms. The fraction of sp³-hybridized carbons (Fsp3) is 0.333. The van der Waals surface area contributed by atoms with Gasteiger partial charge in [0.25, 0.3) is 0 Å². The number of hydrogen-bond donors (Lipinski definition) is 1. The Bertz CT molecular complexity index is 533. The van der Waals surface area contributed by atoms with Gasteiger partial charge in [-0.25, -0.2) is 0 Å². The summed E-state index contributed by atoms with van der Waals surface area (Å²) in [5.41, 5.74) is 3.98. The molecule has 0 aliphatic heterocycles. The van der Waals surface area contributed by atoms with Crippen molar-refractivity contribution >= 4 is 11.6 Å². The van der Waals surface area contributed by atoms with Crippen LogP contribution >= 0.6 is 11.6 Å². The van der Waals surface area contributed by atoms with E-state index < -0.39 is 0 Å². The van der Waals surface area contributed by atoms with E-state index in [1.54, 1.807) is 0 Å². The van der Waals surface area contributed by atoms with E-state index >= 15 is 0 Å². The first-order valence-electron chi connectivity index (χ1n) is 7.23. The average molecular weight is 288 g/mol. The van der Waals surface area contributed by atoms with E-state index in [-0.39, 0.29) is 0 Å². The molecule has 0 aliphatic rings. The quantitative estimate of drug-likeness (QED) is 0.794. The first-order chi connectivity index (χ1) is 9.69. The summed E-state index contributed by atoms with van der Waals surface area (Å²) < 4.78 is 0. The molecule has 0 amide bonds. The Hall–Kier alpha value is -1.31. The molecule has 0 radical (unpaired) electrons. The molecule has 20 heavy (non-hydrogen) atoms. The van der Waals surface area contributed by atoms with E-state index in [0.717, 1.165) is 24.4 Å². The summed E-state index contributed by atoms with van der Waals surface area (Å²) in [6.07, 6.45) is 2.14. The molecule has 2 rings (SSSR count).